The van der Waals surface area contributed by atoms with Crippen molar-refractivity contribution in [3.05, 3.63) is 69.6 Å². The van der Waals surface area contributed by atoms with E-state index in [1.165, 1.54) is 12.1 Å². The van der Waals surface area contributed by atoms with E-state index in [1.807, 2.05) is 13.0 Å². The molecule has 0 aliphatic heterocycles. The van der Waals surface area contributed by atoms with Gasteiger partial charge in [-0.05, 0) is 49.9 Å². The molecule has 9 heteroatoms. The van der Waals surface area contributed by atoms with Crippen LogP contribution in [0, 0.1) is 6.92 Å². The van der Waals surface area contributed by atoms with Crippen molar-refractivity contribution in [3.63, 3.8) is 0 Å². The van der Waals surface area contributed by atoms with Crippen molar-refractivity contribution < 1.29 is 13.2 Å². The van der Waals surface area contributed by atoms with E-state index in [9.17, 15) is 18.0 Å². The Kier molecular flexibility index (Phi) is 10.9. The van der Waals surface area contributed by atoms with Crippen molar-refractivity contribution in [2.24, 2.45) is 4.99 Å². The lowest BCUT2D eigenvalue weighted by Gasteiger charge is -2.13. The summed E-state index contributed by atoms with van der Waals surface area (Å²) in [6.45, 7) is 3.86. The van der Waals surface area contributed by atoms with Crippen molar-refractivity contribution in [3.8, 4) is 0 Å². The number of hydrogen-bond acceptors (Lipinski definition) is 2. The topological polar surface area (TPSA) is 58.4 Å². The fraction of sp³-hybridized carbons (Fsp3) is 0.429. The predicted octanol–water partition coefficient (Wildman–Crippen LogP) is 3.98. The van der Waals surface area contributed by atoms with E-state index in [4.69, 9.17) is 0 Å². The normalized spacial score (nSPS) is 11.7. The molecule has 1 aromatic carbocycles. The van der Waals surface area contributed by atoms with Crippen molar-refractivity contribution in [2.45, 2.75) is 38.9 Å². The van der Waals surface area contributed by atoms with Crippen LogP contribution in [0.4, 0.5) is 13.2 Å². The third-order valence-corrected chi connectivity index (χ3v) is 4.58. The average Bonchev–Trinajstić information content (AvgIpc) is 2.68. The van der Waals surface area contributed by atoms with Crippen LogP contribution in [0.15, 0.2) is 52.3 Å². The summed E-state index contributed by atoms with van der Waals surface area (Å²) in [5.41, 5.74) is 1.15. The number of aliphatic imine (C=N–C) groups is 1. The van der Waals surface area contributed by atoms with Crippen molar-refractivity contribution >= 4 is 29.9 Å². The maximum atomic E-state index is 12.6. The number of pyridine rings is 1. The monoisotopic (exact) mass is 536 g/mol. The average molecular weight is 536 g/mol. The molecule has 1 heterocycles. The molecule has 0 radical (unpaired) electrons. The maximum absolute atomic E-state index is 12.6. The largest absolute Gasteiger partial charge is 0.416 e. The first kappa shape index (κ1) is 26.0. The molecule has 5 nitrogen and oxygen atoms in total. The Labute approximate surface area is 191 Å². The summed E-state index contributed by atoms with van der Waals surface area (Å²) in [6, 6.07) is 10.4. The fourth-order valence-corrected chi connectivity index (χ4v) is 2.92. The summed E-state index contributed by atoms with van der Waals surface area (Å²) in [5, 5.41) is 6.35. The maximum Gasteiger partial charge on any atom is 0.416 e. The van der Waals surface area contributed by atoms with E-state index in [0.29, 0.717) is 32.0 Å². The Bertz CT molecular complexity index is 864. The molecule has 2 N–H and O–H groups in total. The molecule has 0 aliphatic rings. The fourth-order valence-electron chi connectivity index (χ4n) is 2.92. The molecule has 30 heavy (non-hydrogen) atoms. The lowest BCUT2D eigenvalue weighted by atomic mass is 10.1. The molecule has 0 saturated heterocycles. The number of hydrogen-bond donors (Lipinski definition) is 2. The highest BCUT2D eigenvalue weighted by atomic mass is 127. The van der Waals surface area contributed by atoms with Gasteiger partial charge in [0.25, 0.3) is 5.56 Å². The molecule has 0 aliphatic carbocycles. The number of guanidine groups is 1. The minimum absolute atomic E-state index is 0. The van der Waals surface area contributed by atoms with E-state index in [2.05, 4.69) is 15.6 Å². The van der Waals surface area contributed by atoms with Crippen LogP contribution in [0.25, 0.3) is 0 Å². The Balaban J connectivity index is 0.00000450. The molecule has 0 bridgehead atoms. The van der Waals surface area contributed by atoms with Gasteiger partial charge in [0.1, 0.15) is 0 Å². The molecule has 0 fully saturated rings. The molecule has 166 valence electrons. The number of benzene rings is 1. The SMILES string of the molecule is CN=C(NCCCCn1c(C)cccc1=O)NCCc1ccc(C(F)(F)F)cc1.I. The van der Waals surface area contributed by atoms with Crippen LogP contribution in [0.5, 0.6) is 0 Å². The molecule has 1 aromatic heterocycles. The van der Waals surface area contributed by atoms with Gasteiger partial charge in [0.15, 0.2) is 5.96 Å². The first-order valence-corrected chi connectivity index (χ1v) is 9.58. The van der Waals surface area contributed by atoms with Crippen LogP contribution in [0.3, 0.4) is 0 Å². The molecular formula is C21H28F3IN4O. The van der Waals surface area contributed by atoms with Gasteiger partial charge in [-0.2, -0.15) is 13.2 Å². The second-order valence-corrected chi connectivity index (χ2v) is 6.73. The molecular weight excluding hydrogens is 508 g/mol. The summed E-state index contributed by atoms with van der Waals surface area (Å²) in [5.74, 6) is 0.643. The number of rotatable bonds is 8. The van der Waals surface area contributed by atoms with Gasteiger partial charge in [-0.15, -0.1) is 24.0 Å². The summed E-state index contributed by atoms with van der Waals surface area (Å²) in [4.78, 5) is 16.0. The molecule has 0 unspecified atom stereocenters. The van der Waals surface area contributed by atoms with E-state index in [1.54, 1.807) is 23.7 Å². The summed E-state index contributed by atoms with van der Waals surface area (Å²) < 4.78 is 39.5. The summed E-state index contributed by atoms with van der Waals surface area (Å²) in [6.07, 6.45) is -1.98. The smallest absolute Gasteiger partial charge is 0.356 e. The zero-order valence-corrected chi connectivity index (χ0v) is 19.5. The van der Waals surface area contributed by atoms with Gasteiger partial charge >= 0.3 is 6.18 Å². The standard InChI is InChI=1S/C21H27F3N4O.HI/c1-16-6-5-7-19(29)28(16)15-4-3-13-26-20(25-2)27-14-12-17-8-10-18(11-9-17)21(22,23)24;/h5-11H,3-4,12-15H2,1-2H3,(H2,25,26,27);1H. The first-order chi connectivity index (χ1) is 13.8. The third-order valence-electron chi connectivity index (χ3n) is 4.58. The molecule has 2 rings (SSSR count). The van der Waals surface area contributed by atoms with Crippen LogP contribution < -0.4 is 16.2 Å². The van der Waals surface area contributed by atoms with Crippen LogP contribution >= 0.6 is 24.0 Å². The number of unbranched alkanes of at least 4 members (excludes halogenated alkanes) is 1. The van der Waals surface area contributed by atoms with Gasteiger partial charge in [-0.3, -0.25) is 9.79 Å². The second-order valence-electron chi connectivity index (χ2n) is 6.73. The van der Waals surface area contributed by atoms with Crippen molar-refractivity contribution in [1.29, 1.82) is 0 Å². The van der Waals surface area contributed by atoms with E-state index >= 15 is 0 Å². The number of aromatic nitrogens is 1. The van der Waals surface area contributed by atoms with Crippen LogP contribution in [0.2, 0.25) is 0 Å². The zero-order chi connectivity index (χ0) is 21.3. The quantitative estimate of drug-likeness (QED) is 0.232. The number of nitrogens with zero attached hydrogens (tertiary/aromatic N) is 2. The van der Waals surface area contributed by atoms with Crippen LogP contribution in [-0.4, -0.2) is 30.7 Å². The molecule has 0 saturated carbocycles. The third kappa shape index (κ3) is 8.37. The number of nitrogens with one attached hydrogen (secondary N) is 2. The van der Waals surface area contributed by atoms with Crippen molar-refractivity contribution in [2.75, 3.05) is 20.1 Å². The van der Waals surface area contributed by atoms with Gasteiger partial charge in [0.2, 0.25) is 0 Å². The number of alkyl halides is 3. The van der Waals surface area contributed by atoms with Gasteiger partial charge in [0.05, 0.1) is 5.56 Å². The van der Waals surface area contributed by atoms with E-state index in [0.717, 1.165) is 36.2 Å². The van der Waals surface area contributed by atoms with Gasteiger partial charge in [-0.1, -0.05) is 18.2 Å². The summed E-state index contributed by atoms with van der Waals surface area (Å²) >= 11 is 0. The van der Waals surface area contributed by atoms with E-state index < -0.39 is 11.7 Å². The number of aryl methyl sites for hydroxylation is 1. The second kappa shape index (κ2) is 12.6. The number of halogens is 4. The Morgan fingerprint density at radius 3 is 2.30 bits per heavy atom. The minimum atomic E-state index is -4.31. The van der Waals surface area contributed by atoms with E-state index in [-0.39, 0.29) is 29.5 Å². The lowest BCUT2D eigenvalue weighted by molar-refractivity contribution is -0.137. The van der Waals surface area contributed by atoms with Gasteiger partial charge in [0, 0.05) is 38.4 Å². The molecule has 0 amide bonds. The molecule has 0 spiro atoms. The minimum Gasteiger partial charge on any atom is -0.356 e. The van der Waals surface area contributed by atoms with Crippen LogP contribution in [0.1, 0.15) is 29.7 Å². The first-order valence-electron chi connectivity index (χ1n) is 9.58. The Morgan fingerprint density at radius 2 is 1.70 bits per heavy atom. The van der Waals surface area contributed by atoms with Crippen molar-refractivity contribution in [1.82, 2.24) is 15.2 Å². The van der Waals surface area contributed by atoms with Crippen LogP contribution in [-0.2, 0) is 19.1 Å². The zero-order valence-electron chi connectivity index (χ0n) is 17.1. The highest BCUT2D eigenvalue weighted by Gasteiger charge is 2.29. The van der Waals surface area contributed by atoms with Gasteiger partial charge in [-0.25, -0.2) is 0 Å². The highest BCUT2D eigenvalue weighted by Crippen LogP contribution is 2.29. The van der Waals surface area contributed by atoms with Gasteiger partial charge < -0.3 is 15.2 Å². The lowest BCUT2D eigenvalue weighted by Crippen LogP contribution is -2.38. The molecule has 0 atom stereocenters. The highest BCUT2D eigenvalue weighted by molar-refractivity contribution is 14.0. The predicted molar refractivity (Wildman–Crippen MR) is 125 cm³/mol. The summed E-state index contributed by atoms with van der Waals surface area (Å²) in [7, 11) is 1.67. The Hall–Kier alpha value is -2.04. The molecule has 2 aromatic rings. The Morgan fingerprint density at radius 1 is 1.03 bits per heavy atom.